The Bertz CT molecular complexity index is 522. The molecule has 1 aromatic carbocycles. The molecule has 0 saturated heterocycles. The normalized spacial score (nSPS) is 10.3. The Morgan fingerprint density at radius 1 is 1.44 bits per heavy atom. The molecule has 0 fully saturated rings. The standard InChI is InChI=1S/C13H16N4O/c1-2-8-17(13(14)18)12-6-4-3-5-11(12)16-9-7-15-10-16/h3-7,9-10H,2,8H2,1H3,(H2,14,18). The summed E-state index contributed by atoms with van der Waals surface area (Å²) in [5.74, 6) is 0. The minimum absolute atomic E-state index is 0.440. The lowest BCUT2D eigenvalue weighted by molar-refractivity contribution is 0.254. The maximum absolute atomic E-state index is 11.5. The molecule has 5 heteroatoms. The molecule has 0 aliphatic carbocycles. The smallest absolute Gasteiger partial charge is 0.319 e. The zero-order valence-corrected chi connectivity index (χ0v) is 10.3. The summed E-state index contributed by atoms with van der Waals surface area (Å²) in [7, 11) is 0. The average Bonchev–Trinajstić information content (AvgIpc) is 2.89. The predicted octanol–water partition coefficient (Wildman–Crippen LogP) is 2.17. The van der Waals surface area contributed by atoms with Crippen LogP contribution >= 0.6 is 0 Å². The highest BCUT2D eigenvalue weighted by Gasteiger charge is 2.15. The quantitative estimate of drug-likeness (QED) is 0.895. The van der Waals surface area contributed by atoms with Gasteiger partial charge in [0.1, 0.15) is 0 Å². The van der Waals surface area contributed by atoms with Gasteiger partial charge < -0.3 is 10.3 Å². The lowest BCUT2D eigenvalue weighted by Crippen LogP contribution is -2.36. The van der Waals surface area contributed by atoms with E-state index >= 15 is 0 Å². The van der Waals surface area contributed by atoms with E-state index in [4.69, 9.17) is 5.73 Å². The van der Waals surface area contributed by atoms with Crippen molar-refractivity contribution in [2.45, 2.75) is 13.3 Å². The van der Waals surface area contributed by atoms with E-state index in [-0.39, 0.29) is 0 Å². The van der Waals surface area contributed by atoms with E-state index in [1.807, 2.05) is 42.0 Å². The highest BCUT2D eigenvalue weighted by atomic mass is 16.2. The lowest BCUT2D eigenvalue weighted by Gasteiger charge is -2.22. The molecule has 1 aromatic heterocycles. The number of imidazole rings is 1. The largest absolute Gasteiger partial charge is 0.351 e. The summed E-state index contributed by atoms with van der Waals surface area (Å²) >= 11 is 0. The molecule has 5 nitrogen and oxygen atoms in total. The molecule has 0 aliphatic heterocycles. The summed E-state index contributed by atoms with van der Waals surface area (Å²) in [4.78, 5) is 17.1. The fourth-order valence-corrected chi connectivity index (χ4v) is 1.89. The Hall–Kier alpha value is -2.30. The van der Waals surface area contributed by atoms with Crippen LogP contribution in [-0.4, -0.2) is 22.1 Å². The number of hydrogen-bond donors (Lipinski definition) is 1. The fourth-order valence-electron chi connectivity index (χ4n) is 1.89. The van der Waals surface area contributed by atoms with Crippen LogP contribution in [0.1, 0.15) is 13.3 Å². The maximum atomic E-state index is 11.5. The number of amides is 2. The average molecular weight is 244 g/mol. The Kier molecular flexibility index (Phi) is 3.62. The molecular weight excluding hydrogens is 228 g/mol. The van der Waals surface area contributed by atoms with Gasteiger partial charge in [-0.1, -0.05) is 19.1 Å². The van der Waals surface area contributed by atoms with Crippen molar-refractivity contribution < 1.29 is 4.79 Å². The van der Waals surface area contributed by atoms with Gasteiger partial charge in [0, 0.05) is 18.9 Å². The van der Waals surface area contributed by atoms with Gasteiger partial charge in [0.05, 0.1) is 17.7 Å². The summed E-state index contributed by atoms with van der Waals surface area (Å²) in [6.45, 7) is 2.61. The highest BCUT2D eigenvalue weighted by molar-refractivity contribution is 5.93. The topological polar surface area (TPSA) is 64.2 Å². The highest BCUT2D eigenvalue weighted by Crippen LogP contribution is 2.24. The third-order valence-corrected chi connectivity index (χ3v) is 2.67. The van der Waals surface area contributed by atoms with Crippen LogP contribution in [0, 0.1) is 0 Å². The number of anilines is 1. The number of carbonyl (C=O) groups excluding carboxylic acids is 1. The van der Waals surface area contributed by atoms with Crippen molar-refractivity contribution in [2.24, 2.45) is 5.73 Å². The fraction of sp³-hybridized carbons (Fsp3) is 0.231. The third-order valence-electron chi connectivity index (χ3n) is 2.67. The monoisotopic (exact) mass is 244 g/mol. The minimum atomic E-state index is -0.440. The molecule has 2 rings (SSSR count). The van der Waals surface area contributed by atoms with Crippen molar-refractivity contribution in [3.63, 3.8) is 0 Å². The van der Waals surface area contributed by atoms with Crippen LogP contribution in [0.3, 0.4) is 0 Å². The molecule has 0 unspecified atom stereocenters. The molecule has 2 N–H and O–H groups in total. The van der Waals surface area contributed by atoms with E-state index in [0.717, 1.165) is 17.8 Å². The first-order valence-electron chi connectivity index (χ1n) is 5.88. The van der Waals surface area contributed by atoms with Crippen LogP contribution in [0.15, 0.2) is 43.0 Å². The molecule has 0 spiro atoms. The van der Waals surface area contributed by atoms with Gasteiger partial charge in [-0.05, 0) is 18.6 Å². The summed E-state index contributed by atoms with van der Waals surface area (Å²) in [5, 5.41) is 0. The second kappa shape index (κ2) is 5.35. The summed E-state index contributed by atoms with van der Waals surface area (Å²) in [6, 6.07) is 7.19. The number of primary amides is 1. The number of aromatic nitrogens is 2. The Labute approximate surface area is 106 Å². The number of nitrogens with two attached hydrogens (primary N) is 1. The van der Waals surface area contributed by atoms with Crippen LogP contribution in [0.25, 0.3) is 5.69 Å². The van der Waals surface area contributed by atoms with E-state index in [9.17, 15) is 4.79 Å². The van der Waals surface area contributed by atoms with Crippen molar-refractivity contribution in [3.05, 3.63) is 43.0 Å². The minimum Gasteiger partial charge on any atom is -0.351 e. The zero-order valence-electron chi connectivity index (χ0n) is 10.3. The Balaban J connectivity index is 2.46. The Morgan fingerprint density at radius 2 is 2.22 bits per heavy atom. The van der Waals surface area contributed by atoms with E-state index < -0.39 is 6.03 Å². The molecule has 0 radical (unpaired) electrons. The number of para-hydroxylation sites is 2. The number of benzene rings is 1. The van der Waals surface area contributed by atoms with E-state index in [2.05, 4.69) is 4.98 Å². The van der Waals surface area contributed by atoms with Gasteiger partial charge in [0.15, 0.2) is 0 Å². The summed E-state index contributed by atoms with van der Waals surface area (Å²) in [5.41, 5.74) is 7.13. The summed E-state index contributed by atoms with van der Waals surface area (Å²) in [6.07, 6.45) is 6.08. The predicted molar refractivity (Wildman–Crippen MR) is 70.8 cm³/mol. The second-order valence-corrected chi connectivity index (χ2v) is 3.95. The molecule has 0 saturated carbocycles. The summed E-state index contributed by atoms with van der Waals surface area (Å²) < 4.78 is 1.86. The first kappa shape index (κ1) is 12.2. The van der Waals surface area contributed by atoms with Gasteiger partial charge in [-0.3, -0.25) is 4.90 Å². The van der Waals surface area contributed by atoms with Crippen molar-refractivity contribution in [1.29, 1.82) is 0 Å². The van der Waals surface area contributed by atoms with Gasteiger partial charge >= 0.3 is 6.03 Å². The van der Waals surface area contributed by atoms with E-state index in [1.165, 1.54) is 0 Å². The van der Waals surface area contributed by atoms with Crippen LogP contribution in [0.5, 0.6) is 0 Å². The molecule has 2 aromatic rings. The molecule has 18 heavy (non-hydrogen) atoms. The first-order chi connectivity index (χ1) is 8.74. The lowest BCUT2D eigenvalue weighted by atomic mass is 10.2. The van der Waals surface area contributed by atoms with Crippen LogP contribution in [0.2, 0.25) is 0 Å². The van der Waals surface area contributed by atoms with Crippen molar-refractivity contribution in [3.8, 4) is 5.69 Å². The van der Waals surface area contributed by atoms with E-state index in [1.54, 1.807) is 17.4 Å². The van der Waals surface area contributed by atoms with Gasteiger partial charge in [-0.2, -0.15) is 0 Å². The number of nitrogens with zero attached hydrogens (tertiary/aromatic N) is 3. The first-order valence-corrected chi connectivity index (χ1v) is 5.88. The maximum Gasteiger partial charge on any atom is 0.319 e. The SMILES string of the molecule is CCCN(C(N)=O)c1ccccc1-n1ccnc1. The van der Waals surface area contributed by atoms with Gasteiger partial charge in [-0.15, -0.1) is 0 Å². The zero-order chi connectivity index (χ0) is 13.0. The number of rotatable bonds is 4. The number of urea groups is 1. The molecular formula is C13H16N4O. The van der Waals surface area contributed by atoms with Crippen molar-refractivity contribution >= 4 is 11.7 Å². The molecule has 1 heterocycles. The third kappa shape index (κ3) is 2.34. The Morgan fingerprint density at radius 3 is 2.83 bits per heavy atom. The van der Waals surface area contributed by atoms with Crippen LogP contribution in [0.4, 0.5) is 10.5 Å². The van der Waals surface area contributed by atoms with Crippen LogP contribution in [-0.2, 0) is 0 Å². The van der Waals surface area contributed by atoms with Gasteiger partial charge in [-0.25, -0.2) is 9.78 Å². The van der Waals surface area contributed by atoms with Crippen LogP contribution < -0.4 is 10.6 Å². The van der Waals surface area contributed by atoms with Gasteiger partial charge in [0.25, 0.3) is 0 Å². The molecule has 0 atom stereocenters. The van der Waals surface area contributed by atoms with Gasteiger partial charge in [0.2, 0.25) is 0 Å². The van der Waals surface area contributed by atoms with Crippen molar-refractivity contribution in [2.75, 3.05) is 11.4 Å². The number of hydrogen-bond acceptors (Lipinski definition) is 2. The molecule has 0 aliphatic rings. The van der Waals surface area contributed by atoms with Crippen molar-refractivity contribution in [1.82, 2.24) is 9.55 Å². The molecule has 94 valence electrons. The molecule has 0 bridgehead atoms. The molecule has 2 amide bonds. The van der Waals surface area contributed by atoms with E-state index in [0.29, 0.717) is 6.54 Å². The number of carbonyl (C=O) groups is 1. The second-order valence-electron chi connectivity index (χ2n) is 3.95.